The van der Waals surface area contributed by atoms with Gasteiger partial charge < -0.3 is 15.0 Å². The van der Waals surface area contributed by atoms with Gasteiger partial charge in [0.2, 0.25) is 12.3 Å². The lowest BCUT2D eigenvalue weighted by Gasteiger charge is -2.22. The molecule has 0 bridgehead atoms. The summed E-state index contributed by atoms with van der Waals surface area (Å²) in [5, 5.41) is 2.51. The van der Waals surface area contributed by atoms with Crippen molar-refractivity contribution in [3.05, 3.63) is 45.6 Å². The Morgan fingerprint density at radius 2 is 2.03 bits per heavy atom. The Bertz CT molecular complexity index is 855. The molecule has 0 unspecified atom stereocenters. The van der Waals surface area contributed by atoms with Crippen molar-refractivity contribution in [1.82, 2.24) is 5.32 Å². The second-order valence-corrected chi connectivity index (χ2v) is 8.95. The molecule has 3 amide bonds. The number of benzene rings is 1. The Morgan fingerprint density at radius 1 is 1.32 bits per heavy atom. The number of amides is 3. The van der Waals surface area contributed by atoms with Crippen LogP contribution in [-0.4, -0.2) is 44.1 Å². The summed E-state index contributed by atoms with van der Waals surface area (Å²) in [7, 11) is 0. The van der Waals surface area contributed by atoms with Crippen molar-refractivity contribution in [3.8, 4) is 0 Å². The summed E-state index contributed by atoms with van der Waals surface area (Å²) in [5.41, 5.74) is 1.52. The molecule has 0 radical (unpaired) electrons. The van der Waals surface area contributed by atoms with Crippen molar-refractivity contribution in [2.75, 3.05) is 29.4 Å². The first-order valence-electron chi connectivity index (χ1n) is 10.1. The van der Waals surface area contributed by atoms with Gasteiger partial charge in [-0.25, -0.2) is 4.79 Å². The number of unbranched alkanes of at least 4 members (excludes halogenated alkanes) is 1. The number of halogens is 1. The van der Waals surface area contributed by atoms with Gasteiger partial charge in [-0.3, -0.25) is 14.5 Å². The predicted octanol–water partition coefficient (Wildman–Crippen LogP) is 4.62. The summed E-state index contributed by atoms with van der Waals surface area (Å²) in [6, 6.07) is 11.2. The van der Waals surface area contributed by atoms with Gasteiger partial charge in [0.1, 0.15) is 6.10 Å². The molecule has 7 nitrogen and oxygen atoms in total. The average molecular weight is 466 g/mol. The number of nitrogens with zero attached hydrogens (tertiary/aromatic N) is 2. The molecular weight excluding hydrogens is 438 g/mol. The first kappa shape index (κ1) is 24.7. The maximum atomic E-state index is 11.9. The fourth-order valence-corrected chi connectivity index (χ4v) is 4.03. The van der Waals surface area contributed by atoms with E-state index in [4.69, 9.17) is 16.3 Å². The second-order valence-electron chi connectivity index (χ2n) is 7.03. The molecule has 31 heavy (non-hydrogen) atoms. The van der Waals surface area contributed by atoms with E-state index in [1.807, 2.05) is 31.2 Å². The maximum Gasteiger partial charge on any atom is 0.414 e. The normalized spacial score (nSPS) is 15.0. The Morgan fingerprint density at radius 3 is 2.52 bits per heavy atom. The van der Waals surface area contributed by atoms with Gasteiger partial charge >= 0.3 is 6.09 Å². The molecule has 1 saturated heterocycles. The molecular formula is C22H28ClN3O4S. The van der Waals surface area contributed by atoms with Crippen molar-refractivity contribution in [2.24, 2.45) is 0 Å². The zero-order valence-electron chi connectivity index (χ0n) is 18.0. The molecule has 1 aliphatic rings. The summed E-state index contributed by atoms with van der Waals surface area (Å²) >= 11 is 7.19. The quantitative estimate of drug-likeness (QED) is 0.577. The molecule has 2 aromatic rings. The minimum absolute atomic E-state index is 0.00298. The highest BCUT2D eigenvalue weighted by Gasteiger charge is 2.32. The van der Waals surface area contributed by atoms with E-state index >= 15 is 0 Å². The summed E-state index contributed by atoms with van der Waals surface area (Å²) in [5.74, 6) is -0.00298. The lowest BCUT2D eigenvalue weighted by Crippen LogP contribution is -2.30. The van der Waals surface area contributed by atoms with Crippen LogP contribution in [0.5, 0.6) is 0 Å². The Balaban J connectivity index is 0.000000412. The molecule has 1 aromatic heterocycles. The lowest BCUT2D eigenvalue weighted by molar-refractivity contribution is -0.116. The van der Waals surface area contributed by atoms with Crippen LogP contribution in [0, 0.1) is 6.92 Å². The number of cyclic esters (lactones) is 1. The van der Waals surface area contributed by atoms with E-state index in [1.54, 1.807) is 35.3 Å². The van der Waals surface area contributed by atoms with Crippen molar-refractivity contribution in [2.45, 2.75) is 39.7 Å². The number of rotatable bonds is 8. The van der Waals surface area contributed by atoms with Crippen LogP contribution in [0.25, 0.3) is 0 Å². The zero-order valence-corrected chi connectivity index (χ0v) is 19.5. The third kappa shape index (κ3) is 7.56. The molecule has 0 spiro atoms. The van der Waals surface area contributed by atoms with Gasteiger partial charge in [0.05, 0.1) is 17.4 Å². The molecule has 1 N–H and O–H groups in total. The first-order chi connectivity index (χ1) is 14.8. The van der Waals surface area contributed by atoms with Crippen LogP contribution in [0.1, 0.15) is 31.6 Å². The molecule has 168 valence electrons. The number of aryl methyl sites for hydroxylation is 1. The van der Waals surface area contributed by atoms with Gasteiger partial charge in [0.15, 0.2) is 0 Å². The third-order valence-corrected chi connectivity index (χ3v) is 5.75. The molecule has 3 rings (SSSR count). The van der Waals surface area contributed by atoms with E-state index in [1.165, 1.54) is 9.78 Å². The third-order valence-electron chi connectivity index (χ3n) is 4.60. The van der Waals surface area contributed by atoms with Crippen LogP contribution < -0.4 is 15.1 Å². The largest absolute Gasteiger partial charge is 0.442 e. The smallest absolute Gasteiger partial charge is 0.414 e. The molecule has 1 fully saturated rings. The standard InChI is InChI=1S/C17H23N3O4.C5H5ClS/c1-3-4-9-19(13(2)22)14-5-7-15(8-6-14)20-11-16(10-18-12-21)24-17(20)23;1-4-2-3-5(6)7-4/h5-8,12,16H,3-4,9-11H2,1-2H3,(H,18,21);2-3H,1H3/t16-;/m0./s1. The van der Waals surface area contributed by atoms with E-state index in [0.29, 0.717) is 31.7 Å². The molecule has 1 atom stereocenters. The molecule has 2 heterocycles. The Hall–Kier alpha value is -2.58. The number of thiophene rings is 1. The molecule has 1 aromatic carbocycles. The topological polar surface area (TPSA) is 79.0 Å². The minimum Gasteiger partial charge on any atom is -0.442 e. The van der Waals surface area contributed by atoms with Crippen LogP contribution >= 0.6 is 22.9 Å². The summed E-state index contributed by atoms with van der Waals surface area (Å²) in [6.07, 6.45) is 1.73. The Kier molecular flexibility index (Phi) is 9.81. The number of carbonyl (C=O) groups excluding carboxylic acids is 3. The van der Waals surface area contributed by atoms with Crippen molar-refractivity contribution in [3.63, 3.8) is 0 Å². The van der Waals surface area contributed by atoms with Gasteiger partial charge in [0.25, 0.3) is 0 Å². The van der Waals surface area contributed by atoms with Gasteiger partial charge in [0, 0.05) is 29.7 Å². The SMILES string of the molecule is CCCCN(C(C)=O)c1ccc(N2C[C@H](CNC=O)OC2=O)cc1.Cc1ccc(Cl)s1. The number of hydrogen-bond acceptors (Lipinski definition) is 5. The average Bonchev–Trinajstić information content (AvgIpc) is 3.31. The van der Waals surface area contributed by atoms with Crippen LogP contribution in [0.3, 0.4) is 0 Å². The summed E-state index contributed by atoms with van der Waals surface area (Å²) in [6.45, 7) is 7.01. The fourth-order valence-electron chi connectivity index (χ4n) is 3.02. The van der Waals surface area contributed by atoms with E-state index in [0.717, 1.165) is 22.9 Å². The summed E-state index contributed by atoms with van der Waals surface area (Å²) < 4.78 is 6.07. The number of hydrogen-bond donors (Lipinski definition) is 1. The summed E-state index contributed by atoms with van der Waals surface area (Å²) in [4.78, 5) is 38.6. The van der Waals surface area contributed by atoms with E-state index in [-0.39, 0.29) is 12.0 Å². The number of nitrogens with one attached hydrogen (secondary N) is 1. The highest BCUT2D eigenvalue weighted by atomic mass is 35.5. The van der Waals surface area contributed by atoms with E-state index < -0.39 is 6.09 Å². The Labute approximate surface area is 191 Å². The molecule has 9 heteroatoms. The minimum atomic E-state index is -0.435. The highest BCUT2D eigenvalue weighted by Crippen LogP contribution is 2.25. The van der Waals surface area contributed by atoms with Crippen LogP contribution in [0.15, 0.2) is 36.4 Å². The highest BCUT2D eigenvalue weighted by molar-refractivity contribution is 7.16. The van der Waals surface area contributed by atoms with Crippen molar-refractivity contribution in [1.29, 1.82) is 0 Å². The van der Waals surface area contributed by atoms with Crippen LogP contribution in [0.4, 0.5) is 16.2 Å². The van der Waals surface area contributed by atoms with E-state index in [2.05, 4.69) is 12.2 Å². The zero-order chi connectivity index (χ0) is 22.8. The van der Waals surface area contributed by atoms with Gasteiger partial charge in [-0.2, -0.15) is 0 Å². The van der Waals surface area contributed by atoms with Gasteiger partial charge in [-0.15, -0.1) is 11.3 Å². The second kappa shape index (κ2) is 12.3. The molecule has 1 aliphatic heterocycles. The maximum absolute atomic E-state index is 11.9. The number of carbonyl (C=O) groups is 3. The first-order valence-corrected chi connectivity index (χ1v) is 11.3. The molecule has 0 saturated carbocycles. The lowest BCUT2D eigenvalue weighted by atomic mass is 10.2. The number of ether oxygens (including phenoxy) is 1. The van der Waals surface area contributed by atoms with Crippen LogP contribution in [0.2, 0.25) is 4.34 Å². The van der Waals surface area contributed by atoms with Gasteiger partial charge in [-0.05, 0) is 49.7 Å². The van der Waals surface area contributed by atoms with Gasteiger partial charge in [-0.1, -0.05) is 24.9 Å². The predicted molar refractivity (Wildman–Crippen MR) is 125 cm³/mol. The van der Waals surface area contributed by atoms with Crippen molar-refractivity contribution < 1.29 is 19.1 Å². The number of anilines is 2. The van der Waals surface area contributed by atoms with Crippen molar-refractivity contribution >= 4 is 52.7 Å². The van der Waals surface area contributed by atoms with Crippen LogP contribution in [-0.2, 0) is 14.3 Å². The molecule has 0 aliphatic carbocycles. The van der Waals surface area contributed by atoms with E-state index in [9.17, 15) is 14.4 Å². The fraction of sp³-hybridized carbons (Fsp3) is 0.409. The monoisotopic (exact) mass is 465 g/mol.